The van der Waals surface area contributed by atoms with Crippen molar-refractivity contribution in [2.75, 3.05) is 12.4 Å². The Morgan fingerprint density at radius 3 is 2.70 bits per heavy atom. The minimum Gasteiger partial charge on any atom is -0.356 e. The van der Waals surface area contributed by atoms with Crippen molar-refractivity contribution in [3.8, 4) is 0 Å². The molecule has 3 heteroatoms. The summed E-state index contributed by atoms with van der Waals surface area (Å²) in [4.78, 5) is 10.7. The van der Waals surface area contributed by atoms with E-state index < -0.39 is 0 Å². The van der Waals surface area contributed by atoms with E-state index in [2.05, 4.69) is 5.32 Å². The van der Waals surface area contributed by atoms with E-state index in [4.69, 9.17) is 11.6 Å². The molecule has 0 aliphatic carbocycles. The van der Waals surface area contributed by atoms with E-state index in [1.165, 1.54) is 0 Å². The minimum absolute atomic E-state index is 0.0944. The van der Waals surface area contributed by atoms with Gasteiger partial charge in [-0.15, -0.1) is 11.6 Å². The van der Waals surface area contributed by atoms with Crippen molar-refractivity contribution in [2.24, 2.45) is 5.92 Å². The molecule has 0 aliphatic rings. The van der Waals surface area contributed by atoms with Gasteiger partial charge in [0.1, 0.15) is 0 Å². The summed E-state index contributed by atoms with van der Waals surface area (Å²) in [7, 11) is 0. The summed E-state index contributed by atoms with van der Waals surface area (Å²) < 4.78 is 0. The zero-order valence-electron chi connectivity index (χ0n) is 6.48. The number of hydrogen-bond donors (Lipinski definition) is 1. The monoisotopic (exact) mass is 163 g/mol. The molecule has 1 N–H and O–H groups in total. The molecule has 0 bridgehead atoms. The van der Waals surface area contributed by atoms with Crippen molar-refractivity contribution >= 4 is 17.5 Å². The second-order valence-corrected chi connectivity index (χ2v) is 2.73. The average molecular weight is 164 g/mol. The highest BCUT2D eigenvalue weighted by Crippen LogP contribution is 1.94. The van der Waals surface area contributed by atoms with Crippen LogP contribution in [0, 0.1) is 5.92 Å². The number of halogens is 1. The van der Waals surface area contributed by atoms with E-state index in [1.807, 2.05) is 13.8 Å². The Labute approximate surface area is 66.9 Å². The zero-order chi connectivity index (χ0) is 7.98. The van der Waals surface area contributed by atoms with Crippen LogP contribution in [-0.4, -0.2) is 18.3 Å². The molecule has 0 rings (SSSR count). The zero-order valence-corrected chi connectivity index (χ0v) is 7.24. The highest BCUT2D eigenvalue weighted by atomic mass is 35.5. The predicted octanol–water partition coefficient (Wildman–Crippen LogP) is 1.39. The van der Waals surface area contributed by atoms with Gasteiger partial charge in [0.2, 0.25) is 5.91 Å². The van der Waals surface area contributed by atoms with Crippen LogP contribution in [-0.2, 0) is 4.79 Å². The highest BCUT2D eigenvalue weighted by molar-refractivity contribution is 6.18. The number of hydrogen-bond acceptors (Lipinski definition) is 1. The van der Waals surface area contributed by atoms with Crippen LogP contribution in [0.5, 0.6) is 0 Å². The molecular formula is C7H14ClNO. The van der Waals surface area contributed by atoms with Crippen LogP contribution in [0.3, 0.4) is 0 Å². The quantitative estimate of drug-likeness (QED) is 0.624. The standard InChI is InChI=1S/C7H14ClNO/c1-3-7(10)9-5-6(2)4-8/h6H,3-5H2,1-2H3,(H,9,10). The normalized spacial score (nSPS) is 12.7. The Morgan fingerprint density at radius 1 is 1.70 bits per heavy atom. The van der Waals surface area contributed by atoms with Crippen molar-refractivity contribution in [3.05, 3.63) is 0 Å². The van der Waals surface area contributed by atoms with Gasteiger partial charge in [0.25, 0.3) is 0 Å². The molecular weight excluding hydrogens is 150 g/mol. The lowest BCUT2D eigenvalue weighted by molar-refractivity contribution is -0.120. The fraction of sp³-hybridized carbons (Fsp3) is 0.857. The lowest BCUT2D eigenvalue weighted by Gasteiger charge is -2.07. The van der Waals surface area contributed by atoms with Gasteiger partial charge in [-0.2, -0.15) is 0 Å². The molecule has 1 atom stereocenters. The summed E-state index contributed by atoms with van der Waals surface area (Å²) in [6.07, 6.45) is 0.551. The average Bonchev–Trinajstić information content (AvgIpc) is 1.99. The van der Waals surface area contributed by atoms with Gasteiger partial charge in [0.05, 0.1) is 0 Å². The van der Waals surface area contributed by atoms with E-state index in [1.54, 1.807) is 0 Å². The number of carbonyl (C=O) groups is 1. The molecule has 0 spiro atoms. The third-order valence-corrected chi connectivity index (χ3v) is 1.76. The number of carbonyl (C=O) groups excluding carboxylic acids is 1. The third-order valence-electron chi connectivity index (χ3n) is 1.23. The van der Waals surface area contributed by atoms with Gasteiger partial charge < -0.3 is 5.32 Å². The molecule has 2 nitrogen and oxygen atoms in total. The Hall–Kier alpha value is -0.240. The topological polar surface area (TPSA) is 29.1 Å². The lowest BCUT2D eigenvalue weighted by Crippen LogP contribution is -2.27. The van der Waals surface area contributed by atoms with Crippen molar-refractivity contribution in [1.29, 1.82) is 0 Å². The molecule has 0 saturated carbocycles. The molecule has 1 unspecified atom stereocenters. The maximum atomic E-state index is 10.7. The van der Waals surface area contributed by atoms with Gasteiger partial charge in [-0.3, -0.25) is 4.79 Å². The largest absolute Gasteiger partial charge is 0.356 e. The first-order valence-electron chi connectivity index (χ1n) is 3.53. The van der Waals surface area contributed by atoms with Crippen LogP contribution in [0.25, 0.3) is 0 Å². The Morgan fingerprint density at radius 2 is 2.30 bits per heavy atom. The number of rotatable bonds is 4. The second-order valence-electron chi connectivity index (χ2n) is 2.42. The number of amides is 1. The smallest absolute Gasteiger partial charge is 0.219 e. The van der Waals surface area contributed by atoms with Crippen LogP contribution in [0.1, 0.15) is 20.3 Å². The Kier molecular flexibility index (Phi) is 5.40. The van der Waals surface area contributed by atoms with Crippen molar-refractivity contribution in [1.82, 2.24) is 5.32 Å². The van der Waals surface area contributed by atoms with Crippen molar-refractivity contribution < 1.29 is 4.79 Å². The van der Waals surface area contributed by atoms with Crippen molar-refractivity contribution in [2.45, 2.75) is 20.3 Å². The summed E-state index contributed by atoms with van der Waals surface area (Å²) >= 11 is 5.53. The molecule has 0 fully saturated rings. The third kappa shape index (κ3) is 4.62. The summed E-state index contributed by atoms with van der Waals surface area (Å²) in [5.74, 6) is 1.07. The molecule has 0 radical (unpaired) electrons. The van der Waals surface area contributed by atoms with E-state index in [-0.39, 0.29) is 5.91 Å². The molecule has 1 amide bonds. The minimum atomic E-state index is 0.0944. The first-order valence-corrected chi connectivity index (χ1v) is 4.06. The van der Waals surface area contributed by atoms with Crippen LogP contribution in [0.15, 0.2) is 0 Å². The molecule has 10 heavy (non-hydrogen) atoms. The molecule has 0 saturated heterocycles. The fourth-order valence-corrected chi connectivity index (χ4v) is 0.577. The van der Waals surface area contributed by atoms with E-state index in [0.717, 1.165) is 0 Å². The fourth-order valence-electron chi connectivity index (χ4n) is 0.468. The Bertz CT molecular complexity index is 106. The van der Waals surface area contributed by atoms with Gasteiger partial charge in [-0.05, 0) is 5.92 Å². The summed E-state index contributed by atoms with van der Waals surface area (Å²) in [5.41, 5.74) is 0. The first-order chi connectivity index (χ1) is 4.70. The van der Waals surface area contributed by atoms with Crippen LogP contribution in [0.4, 0.5) is 0 Å². The molecule has 0 aromatic heterocycles. The van der Waals surface area contributed by atoms with Gasteiger partial charge >= 0.3 is 0 Å². The van der Waals surface area contributed by atoms with Crippen LogP contribution in [0.2, 0.25) is 0 Å². The maximum absolute atomic E-state index is 10.7. The highest BCUT2D eigenvalue weighted by Gasteiger charge is 2.00. The lowest BCUT2D eigenvalue weighted by atomic mass is 10.2. The van der Waals surface area contributed by atoms with E-state index in [0.29, 0.717) is 24.8 Å². The summed E-state index contributed by atoms with van der Waals surface area (Å²) in [6, 6.07) is 0. The molecule has 0 aromatic rings. The van der Waals surface area contributed by atoms with Gasteiger partial charge in [-0.1, -0.05) is 13.8 Å². The van der Waals surface area contributed by atoms with Crippen LogP contribution >= 0.6 is 11.6 Å². The SMILES string of the molecule is CCC(=O)NCC(C)CCl. The maximum Gasteiger partial charge on any atom is 0.219 e. The number of nitrogens with one attached hydrogen (secondary N) is 1. The second kappa shape index (κ2) is 5.54. The van der Waals surface area contributed by atoms with Gasteiger partial charge in [0.15, 0.2) is 0 Å². The molecule has 0 heterocycles. The molecule has 0 aliphatic heterocycles. The molecule has 60 valence electrons. The van der Waals surface area contributed by atoms with E-state index in [9.17, 15) is 4.79 Å². The van der Waals surface area contributed by atoms with Gasteiger partial charge in [-0.25, -0.2) is 0 Å². The summed E-state index contributed by atoms with van der Waals surface area (Å²) in [6.45, 7) is 4.53. The molecule has 0 aromatic carbocycles. The van der Waals surface area contributed by atoms with Crippen molar-refractivity contribution in [3.63, 3.8) is 0 Å². The summed E-state index contributed by atoms with van der Waals surface area (Å²) in [5, 5.41) is 2.76. The van der Waals surface area contributed by atoms with Crippen LogP contribution < -0.4 is 5.32 Å². The van der Waals surface area contributed by atoms with E-state index >= 15 is 0 Å². The van der Waals surface area contributed by atoms with Gasteiger partial charge in [0, 0.05) is 18.8 Å². The first kappa shape index (κ1) is 9.76. The predicted molar refractivity (Wildman–Crippen MR) is 43.2 cm³/mol. The number of alkyl halides is 1. The Balaban J connectivity index is 3.26.